The number of hydrogen-bond donors (Lipinski definition) is 0. The van der Waals surface area contributed by atoms with Gasteiger partial charge in [-0.05, 0) is 49.9 Å². The lowest BCUT2D eigenvalue weighted by molar-refractivity contribution is -0.132. The van der Waals surface area contributed by atoms with E-state index in [2.05, 4.69) is 9.55 Å². The third kappa shape index (κ3) is 5.33. The fraction of sp³-hybridized carbons (Fsp3) is 0.519. The van der Waals surface area contributed by atoms with Gasteiger partial charge < -0.3 is 18.9 Å². The van der Waals surface area contributed by atoms with Crippen LogP contribution in [0.25, 0.3) is 10.9 Å². The van der Waals surface area contributed by atoms with E-state index in [4.69, 9.17) is 11.6 Å². The number of aryl methyl sites for hydroxylation is 1. The van der Waals surface area contributed by atoms with E-state index in [0.717, 1.165) is 25.8 Å². The molecule has 0 spiro atoms. The molecule has 2 aromatic heterocycles. The maximum absolute atomic E-state index is 13.4. The minimum absolute atomic E-state index is 0.0296. The van der Waals surface area contributed by atoms with Gasteiger partial charge in [-0.15, -0.1) is 0 Å². The average Bonchev–Trinajstić information content (AvgIpc) is 3.49. The summed E-state index contributed by atoms with van der Waals surface area (Å²) in [6.07, 6.45) is 7.00. The zero-order valence-electron chi connectivity index (χ0n) is 21.9. The number of nitrogens with zero attached hydrogens (tertiary/aromatic N) is 5. The number of likely N-dealkylation sites (N-methyl/N-ethyl adjacent to an activating group) is 1. The summed E-state index contributed by atoms with van der Waals surface area (Å²) in [6.45, 7) is 2.12. The number of carbonyl (C=O) groups excluding carboxylic acids is 2. The lowest BCUT2D eigenvalue weighted by Crippen LogP contribution is -2.39. The molecule has 2 aliphatic rings. The number of hydrogen-bond acceptors (Lipinski definition) is 5. The van der Waals surface area contributed by atoms with Crippen molar-refractivity contribution in [2.75, 3.05) is 32.9 Å². The molecule has 0 saturated carbocycles. The lowest BCUT2D eigenvalue weighted by Gasteiger charge is -2.33. The van der Waals surface area contributed by atoms with Gasteiger partial charge >= 0.3 is 0 Å². The molecule has 0 radical (unpaired) electrons. The van der Waals surface area contributed by atoms with Gasteiger partial charge in [0.05, 0.1) is 5.75 Å². The van der Waals surface area contributed by atoms with Crippen molar-refractivity contribution >= 4 is 44.2 Å². The molecule has 1 aromatic carbocycles. The number of likely N-dealkylation sites (tertiary alicyclic amines) is 1. The molecule has 0 aliphatic carbocycles. The van der Waals surface area contributed by atoms with Gasteiger partial charge in [0.15, 0.2) is 9.84 Å². The second-order valence-corrected chi connectivity index (χ2v) is 13.0. The standard InChI is InChI=1S/C27H34ClN5O4S/c1-30(2)26(35)18-33-22-7-6-21(28)15-20(22)16-27(33)38(36,37)14-10-25(34)31-12-8-19(9-13-31)23-17-29-24-5-3-4-11-32(23)24/h6-7,15-17,19H,3-5,8-14,18H2,1-2H3. The number of benzene rings is 1. The number of amides is 2. The first-order valence-electron chi connectivity index (χ1n) is 13.2. The average molecular weight is 560 g/mol. The number of fused-ring (bicyclic) bond motifs is 2. The second-order valence-electron chi connectivity index (χ2n) is 10.5. The summed E-state index contributed by atoms with van der Waals surface area (Å²) in [5.74, 6) is 0.841. The van der Waals surface area contributed by atoms with Crippen LogP contribution in [0.15, 0.2) is 35.5 Å². The van der Waals surface area contributed by atoms with E-state index < -0.39 is 9.84 Å². The van der Waals surface area contributed by atoms with E-state index in [9.17, 15) is 18.0 Å². The van der Waals surface area contributed by atoms with Gasteiger partial charge in [-0.3, -0.25) is 9.59 Å². The molecule has 0 atom stereocenters. The molecule has 1 saturated heterocycles. The zero-order chi connectivity index (χ0) is 27.0. The molecule has 1 fully saturated rings. The normalized spacial score (nSPS) is 16.6. The summed E-state index contributed by atoms with van der Waals surface area (Å²) in [7, 11) is -0.582. The Morgan fingerprint density at radius 2 is 1.87 bits per heavy atom. The number of sulfone groups is 1. The highest BCUT2D eigenvalue weighted by atomic mass is 35.5. The highest BCUT2D eigenvalue weighted by molar-refractivity contribution is 7.91. The first kappa shape index (κ1) is 26.7. The molecule has 4 heterocycles. The van der Waals surface area contributed by atoms with Crippen molar-refractivity contribution in [1.82, 2.24) is 23.9 Å². The van der Waals surface area contributed by atoms with Crippen molar-refractivity contribution in [2.45, 2.75) is 62.6 Å². The molecular weight excluding hydrogens is 526 g/mol. The Balaban J connectivity index is 1.26. The predicted octanol–water partition coefficient (Wildman–Crippen LogP) is 3.49. The van der Waals surface area contributed by atoms with Gasteiger partial charge in [0.25, 0.3) is 0 Å². The Kier molecular flexibility index (Phi) is 7.55. The van der Waals surface area contributed by atoms with Crippen LogP contribution in [0.5, 0.6) is 0 Å². The van der Waals surface area contributed by atoms with Crippen LogP contribution in [0.3, 0.4) is 0 Å². The van der Waals surface area contributed by atoms with Crippen LogP contribution in [-0.4, -0.2) is 77.1 Å². The molecule has 0 unspecified atom stereocenters. The van der Waals surface area contributed by atoms with Gasteiger partial charge in [-0.2, -0.15) is 0 Å². The van der Waals surface area contributed by atoms with Crippen LogP contribution in [0, 0.1) is 0 Å². The van der Waals surface area contributed by atoms with Gasteiger partial charge in [-0.1, -0.05) is 11.6 Å². The van der Waals surface area contributed by atoms with Crippen molar-refractivity contribution in [2.24, 2.45) is 0 Å². The second kappa shape index (κ2) is 10.7. The summed E-state index contributed by atoms with van der Waals surface area (Å²) < 4.78 is 30.7. The number of aromatic nitrogens is 3. The molecule has 3 aromatic rings. The molecule has 0 N–H and O–H groups in total. The third-order valence-electron chi connectivity index (χ3n) is 7.79. The number of carbonyl (C=O) groups is 2. The Bertz CT molecular complexity index is 1470. The van der Waals surface area contributed by atoms with Gasteiger partial charge in [-0.25, -0.2) is 13.4 Å². The lowest BCUT2D eigenvalue weighted by atomic mass is 9.93. The maximum atomic E-state index is 13.4. The Morgan fingerprint density at radius 3 is 2.61 bits per heavy atom. The smallest absolute Gasteiger partial charge is 0.242 e. The topological polar surface area (TPSA) is 97.5 Å². The molecule has 38 heavy (non-hydrogen) atoms. The highest BCUT2D eigenvalue weighted by Crippen LogP contribution is 2.31. The third-order valence-corrected chi connectivity index (χ3v) is 9.74. The molecule has 204 valence electrons. The zero-order valence-corrected chi connectivity index (χ0v) is 23.5. The van der Waals surface area contributed by atoms with E-state index in [-0.39, 0.29) is 35.6 Å². The van der Waals surface area contributed by atoms with Crippen molar-refractivity contribution in [3.63, 3.8) is 0 Å². The summed E-state index contributed by atoms with van der Waals surface area (Å²) in [5, 5.41) is 1.15. The summed E-state index contributed by atoms with van der Waals surface area (Å²) in [4.78, 5) is 33.3. The quantitative estimate of drug-likeness (QED) is 0.441. The number of piperidine rings is 1. The van der Waals surface area contributed by atoms with Crippen molar-refractivity contribution in [1.29, 1.82) is 0 Å². The highest BCUT2D eigenvalue weighted by Gasteiger charge is 2.29. The fourth-order valence-electron chi connectivity index (χ4n) is 5.59. The predicted molar refractivity (Wildman–Crippen MR) is 146 cm³/mol. The van der Waals surface area contributed by atoms with Crippen LogP contribution >= 0.6 is 11.6 Å². The molecule has 2 aliphatic heterocycles. The van der Waals surface area contributed by atoms with Crippen LogP contribution in [0.4, 0.5) is 0 Å². The summed E-state index contributed by atoms with van der Waals surface area (Å²) >= 11 is 6.13. The van der Waals surface area contributed by atoms with Gasteiger partial charge in [0, 0.05) is 80.3 Å². The first-order chi connectivity index (χ1) is 18.1. The van der Waals surface area contributed by atoms with Crippen molar-refractivity contribution in [3.8, 4) is 0 Å². The monoisotopic (exact) mass is 559 g/mol. The van der Waals surface area contributed by atoms with Crippen molar-refractivity contribution < 1.29 is 18.0 Å². The number of imidazole rings is 1. The van der Waals surface area contributed by atoms with Crippen LogP contribution in [-0.2, 0) is 38.9 Å². The first-order valence-corrected chi connectivity index (χ1v) is 15.2. The Morgan fingerprint density at radius 1 is 1.11 bits per heavy atom. The minimum Gasteiger partial charge on any atom is -0.347 e. The van der Waals surface area contributed by atoms with Crippen LogP contribution in [0.2, 0.25) is 5.02 Å². The SMILES string of the molecule is CN(C)C(=O)Cn1c(S(=O)(=O)CCC(=O)N2CCC(c3cnc4n3CCCC4)CC2)cc2cc(Cl)ccc21. The minimum atomic E-state index is -3.84. The number of rotatable bonds is 7. The maximum Gasteiger partial charge on any atom is 0.242 e. The van der Waals surface area contributed by atoms with E-state index >= 15 is 0 Å². The molecule has 9 nitrogen and oxygen atoms in total. The Labute approximate surface area is 228 Å². The van der Waals surface area contributed by atoms with Crippen LogP contribution < -0.4 is 0 Å². The molecule has 11 heteroatoms. The van der Waals surface area contributed by atoms with E-state index in [0.29, 0.717) is 34.9 Å². The molecule has 0 bridgehead atoms. The fourth-order valence-corrected chi connectivity index (χ4v) is 7.23. The molecule has 5 rings (SSSR count). The van der Waals surface area contributed by atoms with Crippen LogP contribution in [0.1, 0.15) is 49.5 Å². The summed E-state index contributed by atoms with van der Waals surface area (Å²) in [6, 6.07) is 6.61. The largest absolute Gasteiger partial charge is 0.347 e. The van der Waals surface area contributed by atoms with Gasteiger partial charge in [0.2, 0.25) is 11.8 Å². The Hall–Kier alpha value is -2.85. The van der Waals surface area contributed by atoms with E-state index in [1.54, 1.807) is 43.3 Å². The molecular formula is C27H34ClN5O4S. The number of halogens is 1. The van der Waals surface area contributed by atoms with Gasteiger partial charge in [0.1, 0.15) is 17.4 Å². The molecule has 2 amide bonds. The van der Waals surface area contributed by atoms with E-state index in [1.807, 2.05) is 6.20 Å². The van der Waals surface area contributed by atoms with E-state index in [1.165, 1.54) is 33.8 Å². The summed E-state index contributed by atoms with van der Waals surface area (Å²) in [5.41, 5.74) is 1.88. The van der Waals surface area contributed by atoms with Crippen molar-refractivity contribution in [3.05, 3.63) is 47.0 Å².